The fourth-order valence-electron chi connectivity index (χ4n) is 4.19. The van der Waals surface area contributed by atoms with Crippen molar-refractivity contribution in [2.24, 2.45) is 0 Å². The van der Waals surface area contributed by atoms with Gasteiger partial charge in [-0.25, -0.2) is 19.2 Å². The summed E-state index contributed by atoms with van der Waals surface area (Å²) in [6, 6.07) is 14.1. The normalized spacial score (nSPS) is 13.6. The smallest absolute Gasteiger partial charge is 0.322 e. The van der Waals surface area contributed by atoms with Gasteiger partial charge >= 0.3 is 6.03 Å². The molecular formula is C26H30FN5O2. The molecule has 3 aromatic rings. The highest BCUT2D eigenvalue weighted by molar-refractivity contribution is 5.91. The monoisotopic (exact) mass is 463 g/mol. The van der Waals surface area contributed by atoms with Crippen molar-refractivity contribution in [2.45, 2.75) is 27.2 Å². The lowest BCUT2D eigenvalue weighted by Crippen LogP contribution is -2.50. The van der Waals surface area contributed by atoms with Crippen LogP contribution in [0, 0.1) is 19.7 Å². The van der Waals surface area contributed by atoms with Crippen molar-refractivity contribution in [2.75, 3.05) is 43.0 Å². The summed E-state index contributed by atoms with van der Waals surface area (Å²) in [7, 11) is 0. The molecule has 1 aromatic heterocycles. The molecule has 4 rings (SSSR count). The number of aryl methyl sites for hydroxylation is 2. The lowest BCUT2D eigenvalue weighted by molar-refractivity contribution is 0.208. The molecule has 2 aromatic carbocycles. The van der Waals surface area contributed by atoms with Gasteiger partial charge in [-0.3, -0.25) is 0 Å². The summed E-state index contributed by atoms with van der Waals surface area (Å²) in [6.07, 6.45) is 0.420. The zero-order valence-corrected chi connectivity index (χ0v) is 19.8. The first-order valence-electron chi connectivity index (χ1n) is 11.6. The molecule has 0 radical (unpaired) electrons. The van der Waals surface area contributed by atoms with E-state index in [1.165, 1.54) is 6.07 Å². The maximum absolute atomic E-state index is 14.3. The number of piperazine rings is 1. The van der Waals surface area contributed by atoms with E-state index in [1.807, 2.05) is 51.1 Å². The van der Waals surface area contributed by atoms with Gasteiger partial charge in [-0.2, -0.15) is 0 Å². The number of nitrogens with zero attached hydrogens (tertiary/aromatic N) is 4. The third kappa shape index (κ3) is 5.27. The summed E-state index contributed by atoms with van der Waals surface area (Å²) < 4.78 is 20.0. The topological polar surface area (TPSA) is 70.6 Å². The van der Waals surface area contributed by atoms with Gasteiger partial charge in [-0.15, -0.1) is 0 Å². The molecular weight excluding hydrogens is 433 g/mol. The number of ether oxygens (including phenoxy) is 1. The van der Waals surface area contributed by atoms with E-state index in [0.29, 0.717) is 62.0 Å². The number of halogens is 1. The van der Waals surface area contributed by atoms with E-state index >= 15 is 0 Å². The summed E-state index contributed by atoms with van der Waals surface area (Å²) in [5.74, 6) is 1.91. The number of carbonyl (C=O) groups is 1. The Morgan fingerprint density at radius 2 is 1.74 bits per heavy atom. The van der Waals surface area contributed by atoms with Gasteiger partial charge in [-0.1, -0.05) is 30.3 Å². The summed E-state index contributed by atoms with van der Waals surface area (Å²) in [4.78, 5) is 26.1. The number of aromatic nitrogens is 2. The molecule has 1 fully saturated rings. The van der Waals surface area contributed by atoms with Crippen molar-refractivity contribution >= 4 is 17.5 Å². The van der Waals surface area contributed by atoms with Crippen LogP contribution in [-0.2, 0) is 6.42 Å². The van der Waals surface area contributed by atoms with Crippen molar-refractivity contribution in [1.82, 2.24) is 14.9 Å². The van der Waals surface area contributed by atoms with E-state index in [9.17, 15) is 9.18 Å². The van der Waals surface area contributed by atoms with Crippen LogP contribution < -0.4 is 15.0 Å². The maximum Gasteiger partial charge on any atom is 0.322 e. The van der Waals surface area contributed by atoms with Crippen molar-refractivity contribution in [3.05, 3.63) is 77.0 Å². The molecule has 0 unspecified atom stereocenters. The van der Waals surface area contributed by atoms with E-state index in [2.05, 4.69) is 15.2 Å². The summed E-state index contributed by atoms with van der Waals surface area (Å²) >= 11 is 0. The average Bonchev–Trinajstić information content (AvgIpc) is 2.83. The van der Waals surface area contributed by atoms with Gasteiger partial charge in [0.15, 0.2) is 0 Å². The standard InChI is InChI=1S/C26H30FN5O2/c1-4-34-24-12-8-7-11-23(24)30-26(33)32-15-13-31(14-16-32)25-21(18(2)28-19(3)29-25)17-20-9-5-6-10-22(20)27/h5-12H,4,13-17H2,1-3H3,(H,30,33). The Hall–Kier alpha value is -3.68. The first-order chi connectivity index (χ1) is 16.5. The lowest BCUT2D eigenvalue weighted by atomic mass is 10.0. The van der Waals surface area contributed by atoms with Crippen molar-refractivity contribution < 1.29 is 13.9 Å². The number of nitrogens with one attached hydrogen (secondary N) is 1. The molecule has 2 amide bonds. The lowest BCUT2D eigenvalue weighted by Gasteiger charge is -2.36. The molecule has 1 aliphatic heterocycles. The average molecular weight is 464 g/mol. The first kappa shape index (κ1) is 23.5. The van der Waals surface area contributed by atoms with Crippen LogP contribution in [0.25, 0.3) is 0 Å². The van der Waals surface area contributed by atoms with Crippen molar-refractivity contribution in [3.8, 4) is 5.75 Å². The minimum absolute atomic E-state index is 0.159. The quantitative estimate of drug-likeness (QED) is 0.580. The zero-order chi connectivity index (χ0) is 24.1. The molecule has 0 spiro atoms. The van der Waals surface area contributed by atoms with Gasteiger partial charge in [0, 0.05) is 43.9 Å². The van der Waals surface area contributed by atoms with Gasteiger partial charge in [0.25, 0.3) is 0 Å². The van der Waals surface area contributed by atoms with Crippen LogP contribution >= 0.6 is 0 Å². The second-order valence-corrected chi connectivity index (χ2v) is 8.26. The Morgan fingerprint density at radius 1 is 1.03 bits per heavy atom. The highest BCUT2D eigenvalue weighted by Gasteiger charge is 2.25. The predicted molar refractivity (Wildman–Crippen MR) is 131 cm³/mol. The first-order valence-corrected chi connectivity index (χ1v) is 11.6. The van der Waals surface area contributed by atoms with Crippen LogP contribution in [0.15, 0.2) is 48.5 Å². The Labute approximate surface area is 199 Å². The maximum atomic E-state index is 14.3. The number of hydrogen-bond acceptors (Lipinski definition) is 5. The fourth-order valence-corrected chi connectivity index (χ4v) is 4.19. The zero-order valence-electron chi connectivity index (χ0n) is 19.8. The van der Waals surface area contributed by atoms with Crippen LogP contribution in [-0.4, -0.2) is 53.7 Å². The van der Waals surface area contributed by atoms with Crippen LogP contribution in [0.2, 0.25) is 0 Å². The molecule has 0 atom stereocenters. The number of amides is 2. The van der Waals surface area contributed by atoms with Gasteiger partial charge < -0.3 is 19.9 Å². The number of urea groups is 1. The molecule has 0 bridgehead atoms. The second kappa shape index (κ2) is 10.5. The summed E-state index contributed by atoms with van der Waals surface area (Å²) in [6.45, 7) is 8.58. The van der Waals surface area contributed by atoms with E-state index in [1.54, 1.807) is 17.0 Å². The molecule has 8 heteroatoms. The number of para-hydroxylation sites is 2. The Bertz CT molecular complexity index is 1160. The van der Waals surface area contributed by atoms with Crippen LogP contribution in [0.4, 0.5) is 20.7 Å². The van der Waals surface area contributed by atoms with E-state index in [4.69, 9.17) is 9.72 Å². The molecule has 1 aliphatic rings. The summed E-state index contributed by atoms with van der Waals surface area (Å²) in [5.41, 5.74) is 3.04. The Kier molecular flexibility index (Phi) is 7.25. The van der Waals surface area contributed by atoms with Crippen LogP contribution in [0.5, 0.6) is 5.75 Å². The number of hydrogen-bond donors (Lipinski definition) is 1. The SMILES string of the molecule is CCOc1ccccc1NC(=O)N1CCN(c2nc(C)nc(C)c2Cc2ccccc2F)CC1. The molecule has 7 nitrogen and oxygen atoms in total. The third-order valence-corrected chi connectivity index (χ3v) is 5.92. The molecule has 0 saturated carbocycles. The molecule has 1 saturated heterocycles. The van der Waals surface area contributed by atoms with Gasteiger partial charge in [0.05, 0.1) is 12.3 Å². The van der Waals surface area contributed by atoms with Gasteiger partial charge in [-0.05, 0) is 44.5 Å². The number of rotatable bonds is 6. The Balaban J connectivity index is 1.47. The van der Waals surface area contributed by atoms with Crippen LogP contribution in [0.3, 0.4) is 0 Å². The number of carbonyl (C=O) groups excluding carboxylic acids is 1. The molecule has 34 heavy (non-hydrogen) atoms. The van der Waals surface area contributed by atoms with Gasteiger partial charge in [0.1, 0.15) is 23.2 Å². The minimum atomic E-state index is -0.234. The number of benzene rings is 2. The summed E-state index contributed by atoms with van der Waals surface area (Å²) in [5, 5.41) is 2.96. The molecule has 0 aliphatic carbocycles. The van der Waals surface area contributed by atoms with E-state index < -0.39 is 0 Å². The molecule has 1 N–H and O–H groups in total. The number of anilines is 2. The van der Waals surface area contributed by atoms with Crippen LogP contribution in [0.1, 0.15) is 29.6 Å². The second-order valence-electron chi connectivity index (χ2n) is 8.26. The largest absolute Gasteiger partial charge is 0.492 e. The van der Waals surface area contributed by atoms with E-state index in [-0.39, 0.29) is 11.8 Å². The third-order valence-electron chi connectivity index (χ3n) is 5.92. The highest BCUT2D eigenvalue weighted by Crippen LogP contribution is 2.27. The Morgan fingerprint density at radius 3 is 2.47 bits per heavy atom. The predicted octanol–water partition coefficient (Wildman–Crippen LogP) is 4.58. The minimum Gasteiger partial charge on any atom is -0.492 e. The van der Waals surface area contributed by atoms with Crippen molar-refractivity contribution in [1.29, 1.82) is 0 Å². The molecule has 178 valence electrons. The van der Waals surface area contributed by atoms with Crippen molar-refractivity contribution in [3.63, 3.8) is 0 Å². The van der Waals surface area contributed by atoms with E-state index in [0.717, 1.165) is 17.1 Å². The fraction of sp³-hybridized carbons (Fsp3) is 0.346. The van der Waals surface area contributed by atoms with Gasteiger partial charge in [0.2, 0.25) is 0 Å². The highest BCUT2D eigenvalue weighted by atomic mass is 19.1. The molecule has 2 heterocycles.